The number of nitrogens with zero attached hydrogens (tertiary/aromatic N) is 1. The highest BCUT2D eigenvalue weighted by Gasteiger charge is 2.14. The van der Waals surface area contributed by atoms with Crippen molar-refractivity contribution in [2.24, 2.45) is 0 Å². The minimum atomic E-state index is 0.0833. The van der Waals surface area contributed by atoms with Gasteiger partial charge in [-0.05, 0) is 12.1 Å². The van der Waals surface area contributed by atoms with Crippen molar-refractivity contribution in [2.75, 3.05) is 12.7 Å². The van der Waals surface area contributed by atoms with Crippen molar-refractivity contribution in [2.45, 2.75) is 6.04 Å². The summed E-state index contributed by atoms with van der Waals surface area (Å²) in [4.78, 5) is 12.7. The second-order valence-electron chi connectivity index (χ2n) is 1.96. The maximum atomic E-state index is 10.8. The Labute approximate surface area is 57.4 Å². The van der Waals surface area contributed by atoms with Crippen LogP contribution in [0.4, 0.5) is 0 Å². The van der Waals surface area contributed by atoms with E-state index in [2.05, 4.69) is 6.58 Å². The summed E-state index contributed by atoms with van der Waals surface area (Å²) >= 11 is 0. The lowest BCUT2D eigenvalue weighted by molar-refractivity contribution is -0.124. The van der Waals surface area contributed by atoms with Gasteiger partial charge < -0.3 is 4.90 Å². The summed E-state index contributed by atoms with van der Waals surface area (Å²) in [6.07, 6.45) is 2.33. The Bertz CT molecular complexity index is 129. The van der Waals surface area contributed by atoms with E-state index in [0.29, 0.717) is 0 Å². The van der Waals surface area contributed by atoms with Crippen LogP contribution in [0.15, 0.2) is 12.7 Å². The average Bonchev–Trinajstić information content (AvgIpc) is 2.37. The number of hydrogen-bond donors (Lipinski definition) is 0. The molecule has 0 aromatic heterocycles. The van der Waals surface area contributed by atoms with Crippen LogP contribution in [0.2, 0.25) is 6.04 Å². The summed E-state index contributed by atoms with van der Waals surface area (Å²) < 4.78 is 0. The lowest BCUT2D eigenvalue weighted by Gasteiger charge is -2.10. The normalized spacial score (nSPS) is 18.0. The van der Waals surface area contributed by atoms with E-state index in [0.717, 1.165) is 22.2 Å². The van der Waals surface area contributed by atoms with Gasteiger partial charge in [-0.2, -0.15) is 0 Å². The molecule has 2 radical (unpaired) electrons. The smallest absolute Gasteiger partial charge is 0.245 e. The fourth-order valence-corrected chi connectivity index (χ4v) is 1.99. The van der Waals surface area contributed by atoms with Crippen molar-refractivity contribution in [3.05, 3.63) is 12.7 Å². The average molecular weight is 139 g/mol. The number of carbonyl (C=O) groups excluding carboxylic acids is 1. The molecule has 1 aliphatic rings. The molecule has 0 unspecified atom stereocenters. The minimum absolute atomic E-state index is 0.0833. The molecule has 1 heterocycles. The first-order valence-electron chi connectivity index (χ1n) is 2.96. The standard InChI is InChI=1S/C6H9NOSi/c1-2-6(8)7-3-4-9-5-7/h2H,1,3-5H2. The molecule has 1 fully saturated rings. The Balaban J connectivity index is 2.41. The molecular formula is C6H9NOSi. The van der Waals surface area contributed by atoms with Gasteiger partial charge in [0.2, 0.25) is 5.91 Å². The summed E-state index contributed by atoms with van der Waals surface area (Å²) in [5.41, 5.74) is 0. The van der Waals surface area contributed by atoms with E-state index < -0.39 is 0 Å². The molecule has 0 spiro atoms. The van der Waals surface area contributed by atoms with Crippen molar-refractivity contribution in [3.8, 4) is 0 Å². The van der Waals surface area contributed by atoms with E-state index in [1.54, 1.807) is 0 Å². The molecule has 48 valence electrons. The molecule has 3 heteroatoms. The maximum absolute atomic E-state index is 10.8. The summed E-state index contributed by atoms with van der Waals surface area (Å²) in [6.45, 7) is 4.35. The molecular weight excluding hydrogens is 130 g/mol. The van der Waals surface area contributed by atoms with Crippen LogP contribution in [0, 0.1) is 0 Å². The summed E-state index contributed by atoms with van der Waals surface area (Å²) in [6, 6.07) is 1.18. The largest absolute Gasteiger partial charge is 0.343 e. The first kappa shape index (κ1) is 6.55. The predicted octanol–water partition coefficient (Wildman–Crippen LogP) is 0.0946. The number of rotatable bonds is 1. The Hall–Kier alpha value is -0.573. The van der Waals surface area contributed by atoms with Crippen LogP contribution in [0.5, 0.6) is 0 Å². The Morgan fingerprint density at radius 3 is 3.00 bits per heavy atom. The van der Waals surface area contributed by atoms with Gasteiger partial charge in [0.25, 0.3) is 0 Å². The van der Waals surface area contributed by atoms with E-state index in [9.17, 15) is 4.79 Å². The second-order valence-corrected chi connectivity index (χ2v) is 3.28. The molecule has 0 N–H and O–H groups in total. The van der Waals surface area contributed by atoms with Crippen LogP contribution in [-0.2, 0) is 4.79 Å². The van der Waals surface area contributed by atoms with Crippen molar-refractivity contribution in [1.82, 2.24) is 4.90 Å². The van der Waals surface area contributed by atoms with Gasteiger partial charge in [-0.1, -0.05) is 6.58 Å². The van der Waals surface area contributed by atoms with Gasteiger partial charge in [0, 0.05) is 12.7 Å². The summed E-state index contributed by atoms with van der Waals surface area (Å²) in [5.74, 6) is 0.0833. The lowest BCUT2D eigenvalue weighted by atomic mass is 10.5. The zero-order valence-corrected chi connectivity index (χ0v) is 6.26. The monoisotopic (exact) mass is 139 g/mol. The summed E-state index contributed by atoms with van der Waals surface area (Å²) in [7, 11) is 0.942. The molecule has 0 aromatic rings. The van der Waals surface area contributed by atoms with Crippen molar-refractivity contribution >= 4 is 15.4 Å². The molecule has 0 bridgehead atoms. The van der Waals surface area contributed by atoms with Gasteiger partial charge in [-0.25, -0.2) is 0 Å². The maximum Gasteiger partial charge on any atom is 0.245 e. The van der Waals surface area contributed by atoms with E-state index in [1.165, 1.54) is 12.1 Å². The van der Waals surface area contributed by atoms with Crippen molar-refractivity contribution in [1.29, 1.82) is 0 Å². The molecule has 0 aliphatic carbocycles. The van der Waals surface area contributed by atoms with E-state index in [1.807, 2.05) is 4.90 Å². The first-order chi connectivity index (χ1) is 4.34. The Morgan fingerprint density at radius 1 is 1.78 bits per heavy atom. The fourth-order valence-electron chi connectivity index (χ4n) is 0.824. The fraction of sp³-hybridized carbons (Fsp3) is 0.500. The van der Waals surface area contributed by atoms with Gasteiger partial charge in [-0.15, -0.1) is 0 Å². The first-order valence-corrected chi connectivity index (χ1v) is 4.38. The number of hydrogen-bond acceptors (Lipinski definition) is 1. The lowest BCUT2D eigenvalue weighted by Crippen LogP contribution is -2.26. The van der Waals surface area contributed by atoms with Crippen LogP contribution in [0.3, 0.4) is 0 Å². The molecule has 2 nitrogen and oxygen atoms in total. The topological polar surface area (TPSA) is 20.3 Å². The minimum Gasteiger partial charge on any atom is -0.343 e. The highest BCUT2D eigenvalue weighted by molar-refractivity contribution is 6.37. The van der Waals surface area contributed by atoms with Crippen LogP contribution < -0.4 is 0 Å². The number of amides is 1. The van der Waals surface area contributed by atoms with Gasteiger partial charge in [0.15, 0.2) is 0 Å². The molecule has 1 amide bonds. The van der Waals surface area contributed by atoms with E-state index in [4.69, 9.17) is 0 Å². The molecule has 0 atom stereocenters. The van der Waals surface area contributed by atoms with Crippen LogP contribution >= 0.6 is 0 Å². The molecule has 1 saturated heterocycles. The third-order valence-corrected chi connectivity index (χ3v) is 2.53. The van der Waals surface area contributed by atoms with Crippen LogP contribution in [0.1, 0.15) is 0 Å². The molecule has 1 aliphatic heterocycles. The van der Waals surface area contributed by atoms with E-state index in [-0.39, 0.29) is 5.91 Å². The molecule has 9 heavy (non-hydrogen) atoms. The quantitative estimate of drug-likeness (QED) is 0.372. The van der Waals surface area contributed by atoms with Gasteiger partial charge >= 0.3 is 0 Å². The number of carbonyl (C=O) groups is 1. The highest BCUT2D eigenvalue weighted by Crippen LogP contribution is 2.00. The Morgan fingerprint density at radius 2 is 2.56 bits per heavy atom. The highest BCUT2D eigenvalue weighted by atomic mass is 28.2. The SMILES string of the molecule is C=CC(=O)N1CC[Si]C1. The second kappa shape index (κ2) is 2.82. The molecule has 0 aromatic carbocycles. The van der Waals surface area contributed by atoms with Gasteiger partial charge in [-0.3, -0.25) is 4.79 Å². The van der Waals surface area contributed by atoms with Gasteiger partial charge in [0.1, 0.15) is 0 Å². The van der Waals surface area contributed by atoms with Crippen LogP contribution in [0.25, 0.3) is 0 Å². The van der Waals surface area contributed by atoms with Crippen LogP contribution in [-0.4, -0.2) is 33.0 Å². The zero-order chi connectivity index (χ0) is 6.69. The van der Waals surface area contributed by atoms with E-state index >= 15 is 0 Å². The predicted molar refractivity (Wildman–Crippen MR) is 37.3 cm³/mol. The van der Waals surface area contributed by atoms with Crippen molar-refractivity contribution in [3.63, 3.8) is 0 Å². The Kier molecular flexibility index (Phi) is 2.05. The summed E-state index contributed by atoms with van der Waals surface area (Å²) in [5, 5.41) is 0. The third kappa shape index (κ3) is 1.42. The zero-order valence-electron chi connectivity index (χ0n) is 5.26. The molecule has 1 rings (SSSR count). The van der Waals surface area contributed by atoms with Crippen molar-refractivity contribution < 1.29 is 4.79 Å². The molecule has 0 saturated carbocycles. The van der Waals surface area contributed by atoms with Gasteiger partial charge in [0.05, 0.1) is 9.52 Å². The third-order valence-electron chi connectivity index (χ3n) is 1.35.